The van der Waals surface area contributed by atoms with Crippen LogP contribution in [0.5, 0.6) is 0 Å². The summed E-state index contributed by atoms with van der Waals surface area (Å²) in [6.45, 7) is 21.0. The Balaban J connectivity index is 2.74. The lowest BCUT2D eigenvalue weighted by atomic mass is 9.89. The van der Waals surface area contributed by atoms with Crippen LogP contribution in [-0.4, -0.2) is 52.4 Å². The van der Waals surface area contributed by atoms with Crippen molar-refractivity contribution in [2.75, 3.05) is 24.5 Å². The van der Waals surface area contributed by atoms with Crippen molar-refractivity contribution in [1.82, 2.24) is 15.0 Å². The molecule has 0 atom stereocenters. The van der Waals surface area contributed by atoms with Crippen LogP contribution in [0.2, 0.25) is 0 Å². The average Bonchev–Trinajstić information content (AvgIpc) is 3.28. The van der Waals surface area contributed by atoms with Gasteiger partial charge in [0.1, 0.15) is 11.6 Å². The van der Waals surface area contributed by atoms with Gasteiger partial charge in [-0.2, -0.15) is 10.3 Å². The van der Waals surface area contributed by atoms with Crippen LogP contribution in [0, 0.1) is 16.7 Å². The Hall–Kier alpha value is -2.99. The average molecular weight is 556 g/mol. The number of unbranched alkanes of at least 4 members (excludes halogenated alkanes) is 2. The van der Waals surface area contributed by atoms with Gasteiger partial charge in [-0.05, 0) is 38.3 Å². The highest BCUT2D eigenvalue weighted by Crippen LogP contribution is 2.38. The van der Waals surface area contributed by atoms with E-state index in [1.54, 1.807) is 40.7 Å². The lowest BCUT2D eigenvalue weighted by Crippen LogP contribution is -2.57. The van der Waals surface area contributed by atoms with Crippen molar-refractivity contribution in [3.63, 3.8) is 0 Å². The van der Waals surface area contributed by atoms with Gasteiger partial charge in [0, 0.05) is 36.0 Å². The van der Waals surface area contributed by atoms with E-state index in [4.69, 9.17) is 4.98 Å². The predicted octanol–water partition coefficient (Wildman–Crippen LogP) is 6.25. The first kappa shape index (κ1) is 32.2. The predicted molar refractivity (Wildman–Crippen MR) is 158 cm³/mol. The van der Waals surface area contributed by atoms with E-state index in [9.17, 15) is 19.6 Å². The monoisotopic (exact) mass is 555 g/mol. The second-order valence-corrected chi connectivity index (χ2v) is 13.0. The van der Waals surface area contributed by atoms with Crippen LogP contribution in [-0.2, 0) is 19.8 Å². The van der Waals surface area contributed by atoms with Gasteiger partial charge in [-0.25, -0.2) is 9.99 Å². The van der Waals surface area contributed by atoms with E-state index < -0.39 is 17.2 Å². The van der Waals surface area contributed by atoms with Crippen molar-refractivity contribution in [2.24, 2.45) is 5.41 Å². The smallest absolute Gasteiger partial charge is 0.290 e. The molecule has 0 radical (unpaired) electrons. The van der Waals surface area contributed by atoms with Crippen LogP contribution in [0.25, 0.3) is 6.08 Å². The number of anilines is 1. The molecular weight excluding hydrogens is 510 g/mol. The quantitative estimate of drug-likeness (QED) is 0.250. The van der Waals surface area contributed by atoms with Crippen molar-refractivity contribution in [2.45, 2.75) is 100 Å². The molecule has 1 aliphatic rings. The Morgan fingerprint density at radius 3 is 2.03 bits per heavy atom. The molecule has 0 saturated heterocycles. The highest BCUT2D eigenvalue weighted by atomic mass is 32.1. The number of thiazole rings is 1. The number of hydrogen-bond acceptors (Lipinski definition) is 7. The Morgan fingerprint density at radius 2 is 1.59 bits per heavy atom. The van der Waals surface area contributed by atoms with Gasteiger partial charge in [0.05, 0.1) is 10.6 Å². The standard InChI is InChI=1S/C30H45N5O3S/c1-11-14-16-33(17-15-12-2)28-32-24(29(5,6)7)23(39-28)18-21-20(4)22(19-31)26(37)35(25(21)36)34(13-3)27(38)30(8,9)10/h18H,11-17H2,1-10H3/b21-18-. The molecule has 39 heavy (non-hydrogen) atoms. The number of hydrogen-bond donors (Lipinski definition) is 0. The number of rotatable bonds is 10. The highest BCUT2D eigenvalue weighted by molar-refractivity contribution is 7.16. The Bertz CT molecular complexity index is 1180. The normalized spacial score (nSPS) is 15.7. The van der Waals surface area contributed by atoms with Crippen LogP contribution in [0.4, 0.5) is 5.13 Å². The van der Waals surface area contributed by atoms with E-state index in [2.05, 4.69) is 39.5 Å². The minimum absolute atomic E-state index is 0.111. The van der Waals surface area contributed by atoms with Crippen molar-refractivity contribution < 1.29 is 14.4 Å². The summed E-state index contributed by atoms with van der Waals surface area (Å²) in [5.41, 5.74) is 0.121. The SMILES string of the molecule is CCCCN(CCCC)c1nc(C(C)(C)C)c(/C=C2\C(=O)N(N(CC)C(=O)C(C)(C)C)C(=O)C(C#N)=C2C)s1. The fourth-order valence-electron chi connectivity index (χ4n) is 4.27. The van der Waals surface area contributed by atoms with Crippen LogP contribution in [0.1, 0.15) is 105 Å². The zero-order chi connectivity index (χ0) is 29.7. The van der Waals surface area contributed by atoms with Crippen molar-refractivity contribution in [1.29, 1.82) is 5.26 Å². The molecule has 214 valence electrons. The molecule has 0 N–H and O–H groups in total. The summed E-state index contributed by atoms with van der Waals surface area (Å²) < 4.78 is 0. The van der Waals surface area contributed by atoms with E-state index in [-0.39, 0.29) is 29.0 Å². The topological polar surface area (TPSA) is 97.6 Å². The lowest BCUT2D eigenvalue weighted by Gasteiger charge is -2.38. The minimum Gasteiger partial charge on any atom is -0.348 e. The van der Waals surface area contributed by atoms with Gasteiger partial charge in [0.2, 0.25) is 5.91 Å². The highest BCUT2D eigenvalue weighted by Gasteiger charge is 2.43. The van der Waals surface area contributed by atoms with Gasteiger partial charge in [0.15, 0.2) is 5.13 Å². The molecule has 0 unspecified atom stereocenters. The van der Waals surface area contributed by atoms with Crippen LogP contribution in [0.3, 0.4) is 0 Å². The van der Waals surface area contributed by atoms with Crippen molar-refractivity contribution >= 4 is 40.3 Å². The molecule has 8 nitrogen and oxygen atoms in total. The molecule has 0 saturated carbocycles. The maximum Gasteiger partial charge on any atom is 0.290 e. The van der Waals surface area contributed by atoms with Crippen LogP contribution < -0.4 is 4.90 Å². The summed E-state index contributed by atoms with van der Waals surface area (Å²) >= 11 is 1.53. The van der Waals surface area contributed by atoms with E-state index in [0.29, 0.717) is 5.57 Å². The summed E-state index contributed by atoms with van der Waals surface area (Å²) in [7, 11) is 0. The van der Waals surface area contributed by atoms with E-state index in [0.717, 1.165) is 64.5 Å². The molecule has 0 aromatic carbocycles. The molecule has 1 aromatic rings. The molecule has 0 fully saturated rings. The van der Waals surface area contributed by atoms with Crippen LogP contribution >= 0.6 is 11.3 Å². The van der Waals surface area contributed by atoms with Gasteiger partial charge in [-0.1, -0.05) is 79.6 Å². The van der Waals surface area contributed by atoms with E-state index >= 15 is 0 Å². The first-order valence-corrected chi connectivity index (χ1v) is 14.7. The molecule has 0 spiro atoms. The summed E-state index contributed by atoms with van der Waals surface area (Å²) in [4.78, 5) is 48.6. The molecule has 1 aromatic heterocycles. The second-order valence-electron chi connectivity index (χ2n) is 12.0. The summed E-state index contributed by atoms with van der Waals surface area (Å²) in [5, 5.41) is 12.8. The molecule has 1 aliphatic heterocycles. The fraction of sp³-hybridized carbons (Fsp3) is 0.633. The molecule has 2 rings (SSSR count). The third-order valence-electron chi connectivity index (χ3n) is 6.60. The van der Waals surface area contributed by atoms with Gasteiger partial charge in [0.25, 0.3) is 11.8 Å². The number of nitrogens with zero attached hydrogens (tertiary/aromatic N) is 5. The van der Waals surface area contributed by atoms with Crippen molar-refractivity contribution in [3.8, 4) is 6.07 Å². The first-order chi connectivity index (χ1) is 18.1. The number of aromatic nitrogens is 1. The van der Waals surface area contributed by atoms with Crippen molar-refractivity contribution in [3.05, 3.63) is 27.3 Å². The van der Waals surface area contributed by atoms with Gasteiger partial charge in [-0.3, -0.25) is 14.4 Å². The Labute approximate surface area is 238 Å². The lowest BCUT2D eigenvalue weighted by molar-refractivity contribution is -0.173. The third kappa shape index (κ3) is 7.16. The van der Waals surface area contributed by atoms with E-state index in [1.807, 2.05) is 6.07 Å². The number of carbonyl (C=O) groups excluding carboxylic acids is 3. The molecular formula is C30H45N5O3S. The maximum atomic E-state index is 13.9. The van der Waals surface area contributed by atoms with Gasteiger partial charge < -0.3 is 4.90 Å². The molecule has 9 heteroatoms. The number of amides is 3. The fourth-order valence-corrected chi connectivity index (χ4v) is 5.54. The summed E-state index contributed by atoms with van der Waals surface area (Å²) in [6, 6.07) is 1.98. The molecule has 0 bridgehead atoms. The second kappa shape index (κ2) is 12.9. The zero-order valence-corrected chi connectivity index (χ0v) is 26.2. The first-order valence-electron chi connectivity index (χ1n) is 13.9. The summed E-state index contributed by atoms with van der Waals surface area (Å²) in [5.74, 6) is -1.76. The van der Waals surface area contributed by atoms with Crippen LogP contribution in [0.15, 0.2) is 16.7 Å². The van der Waals surface area contributed by atoms with E-state index in [1.165, 1.54) is 11.3 Å². The zero-order valence-electron chi connectivity index (χ0n) is 25.4. The number of nitriles is 1. The Kier molecular flexibility index (Phi) is 10.7. The maximum absolute atomic E-state index is 13.9. The number of hydrazine groups is 1. The summed E-state index contributed by atoms with van der Waals surface area (Å²) in [6.07, 6.45) is 6.03. The minimum atomic E-state index is -0.824. The Morgan fingerprint density at radius 1 is 1.03 bits per heavy atom. The molecule has 0 aliphatic carbocycles. The number of carbonyl (C=O) groups is 3. The van der Waals surface area contributed by atoms with Gasteiger partial charge >= 0.3 is 0 Å². The number of imide groups is 1. The van der Waals surface area contributed by atoms with Gasteiger partial charge in [-0.15, -0.1) is 0 Å². The third-order valence-corrected chi connectivity index (χ3v) is 7.66. The largest absolute Gasteiger partial charge is 0.348 e. The molecule has 3 amide bonds. The molecule has 2 heterocycles.